The molecule has 0 aliphatic rings. The summed E-state index contributed by atoms with van der Waals surface area (Å²) in [7, 11) is 0. The summed E-state index contributed by atoms with van der Waals surface area (Å²) in [5, 5.41) is 6.77. The minimum absolute atomic E-state index is 0.273. The fourth-order valence-corrected chi connectivity index (χ4v) is 4.21. The molecule has 1 N–H and O–H groups in total. The van der Waals surface area contributed by atoms with Crippen LogP contribution in [0.5, 0.6) is 0 Å². The molecule has 4 aromatic carbocycles. The fraction of sp³-hybridized carbons (Fsp3) is 0.0370. The minimum Gasteiger partial charge on any atom is -0.318 e. The second-order valence-corrected chi connectivity index (χ2v) is 8.62. The molecule has 0 bridgehead atoms. The van der Waals surface area contributed by atoms with Crippen molar-refractivity contribution in [2.75, 3.05) is 5.32 Å². The number of hydrogen-bond donors (Lipinski definition) is 2. The van der Waals surface area contributed by atoms with Crippen LogP contribution in [0.1, 0.15) is 16.2 Å². The van der Waals surface area contributed by atoms with Crippen LogP contribution in [0.3, 0.4) is 0 Å². The number of nitrogens with zero attached hydrogens (tertiary/aromatic N) is 2. The number of alkyl halides is 3. The lowest BCUT2D eigenvalue weighted by Gasteiger charge is -2.12. The Morgan fingerprint density at radius 2 is 1.51 bits per heavy atom. The molecular formula is C27H16F5N3OS. The number of rotatable bonds is 4. The number of thiol groups is 1. The SMILES string of the molecule is O=C(Nc1ccc(-c2ccccc2S)cc1F)c1cc(C(F)(F)F)nn1-c1cc2ccccc2cc1F. The number of carbonyl (C=O) groups is 1. The first kappa shape index (κ1) is 24.5. The van der Waals surface area contributed by atoms with Gasteiger partial charge in [0, 0.05) is 11.0 Å². The maximum Gasteiger partial charge on any atom is 0.435 e. The number of anilines is 1. The molecule has 0 atom stereocenters. The van der Waals surface area contributed by atoms with Crippen molar-refractivity contribution >= 4 is 35.0 Å². The van der Waals surface area contributed by atoms with Crippen molar-refractivity contribution in [3.63, 3.8) is 0 Å². The third-order valence-electron chi connectivity index (χ3n) is 5.71. The van der Waals surface area contributed by atoms with Gasteiger partial charge in [-0.1, -0.05) is 48.5 Å². The van der Waals surface area contributed by atoms with Gasteiger partial charge in [-0.05, 0) is 52.2 Å². The average molecular weight is 526 g/mol. The van der Waals surface area contributed by atoms with E-state index in [0.717, 1.165) is 6.07 Å². The molecule has 37 heavy (non-hydrogen) atoms. The van der Waals surface area contributed by atoms with E-state index >= 15 is 0 Å². The van der Waals surface area contributed by atoms with Gasteiger partial charge in [-0.15, -0.1) is 12.6 Å². The van der Waals surface area contributed by atoms with E-state index in [-0.39, 0.29) is 11.4 Å². The van der Waals surface area contributed by atoms with Crippen molar-refractivity contribution in [1.82, 2.24) is 9.78 Å². The highest BCUT2D eigenvalue weighted by Crippen LogP contribution is 2.32. The molecule has 0 fully saturated rings. The van der Waals surface area contributed by atoms with E-state index in [1.165, 1.54) is 24.3 Å². The first-order valence-corrected chi connectivity index (χ1v) is 11.3. The van der Waals surface area contributed by atoms with E-state index in [4.69, 9.17) is 0 Å². The van der Waals surface area contributed by atoms with Crippen LogP contribution < -0.4 is 5.32 Å². The summed E-state index contributed by atoms with van der Waals surface area (Å²) in [6, 6.07) is 20.6. The molecule has 186 valence electrons. The van der Waals surface area contributed by atoms with Gasteiger partial charge in [0.15, 0.2) is 5.69 Å². The third-order valence-corrected chi connectivity index (χ3v) is 6.10. The molecule has 4 nitrogen and oxygen atoms in total. The Hall–Kier alpha value is -4.18. The molecule has 5 rings (SSSR count). The number of halogens is 5. The van der Waals surface area contributed by atoms with Crippen LogP contribution in [0.4, 0.5) is 27.6 Å². The summed E-state index contributed by atoms with van der Waals surface area (Å²) in [5.74, 6) is -2.80. The molecule has 1 heterocycles. The molecule has 0 spiro atoms. The first-order valence-electron chi connectivity index (χ1n) is 10.9. The fourth-order valence-electron chi connectivity index (χ4n) is 3.92. The van der Waals surface area contributed by atoms with Gasteiger partial charge in [0.2, 0.25) is 0 Å². The Morgan fingerprint density at radius 1 is 0.838 bits per heavy atom. The van der Waals surface area contributed by atoms with E-state index in [2.05, 4.69) is 23.0 Å². The van der Waals surface area contributed by atoms with Crippen molar-refractivity contribution in [3.05, 3.63) is 108 Å². The number of fused-ring (bicyclic) bond motifs is 1. The van der Waals surface area contributed by atoms with E-state index in [1.807, 2.05) is 0 Å². The van der Waals surface area contributed by atoms with E-state index in [9.17, 15) is 26.7 Å². The largest absolute Gasteiger partial charge is 0.435 e. The Kier molecular flexibility index (Phi) is 6.20. The third kappa shape index (κ3) is 4.79. The van der Waals surface area contributed by atoms with Crippen LogP contribution in [-0.4, -0.2) is 15.7 Å². The molecule has 1 aromatic heterocycles. The standard InChI is InChI=1S/C27H16F5N3OS/c28-19-12-17(18-7-3-4-8-24(18)37)9-10-21(19)33-26(36)23-14-25(27(30,31)32)34-35(23)22-13-16-6-2-1-5-15(16)11-20(22)29/h1-14,37H,(H,33,36). The van der Waals surface area contributed by atoms with Crippen LogP contribution in [-0.2, 0) is 6.18 Å². The Bertz CT molecular complexity index is 1660. The second-order valence-electron chi connectivity index (χ2n) is 8.14. The van der Waals surface area contributed by atoms with E-state index in [1.54, 1.807) is 48.5 Å². The minimum atomic E-state index is -4.90. The van der Waals surface area contributed by atoms with Crippen LogP contribution in [0.25, 0.3) is 27.6 Å². The van der Waals surface area contributed by atoms with E-state index in [0.29, 0.717) is 37.5 Å². The van der Waals surface area contributed by atoms with Gasteiger partial charge in [-0.2, -0.15) is 18.3 Å². The molecule has 0 saturated carbocycles. The Labute approximate surface area is 212 Å². The molecule has 0 saturated heterocycles. The summed E-state index contributed by atoms with van der Waals surface area (Å²) < 4.78 is 70.8. The second kappa shape index (κ2) is 9.36. The zero-order valence-corrected chi connectivity index (χ0v) is 19.6. The van der Waals surface area contributed by atoms with Gasteiger partial charge in [-0.3, -0.25) is 4.79 Å². The smallest absolute Gasteiger partial charge is 0.318 e. The van der Waals surface area contributed by atoms with Gasteiger partial charge in [-0.25, -0.2) is 13.5 Å². The number of nitrogens with one attached hydrogen (secondary N) is 1. The maximum atomic E-state index is 14.9. The summed E-state index contributed by atoms with van der Waals surface area (Å²) in [4.78, 5) is 13.7. The molecule has 0 aliphatic carbocycles. The van der Waals surface area contributed by atoms with Crippen molar-refractivity contribution in [2.24, 2.45) is 0 Å². The molecule has 1 amide bonds. The van der Waals surface area contributed by atoms with Crippen LogP contribution in [0.2, 0.25) is 0 Å². The van der Waals surface area contributed by atoms with Gasteiger partial charge in [0.25, 0.3) is 5.91 Å². The highest BCUT2D eigenvalue weighted by atomic mass is 32.1. The van der Waals surface area contributed by atoms with Crippen molar-refractivity contribution in [2.45, 2.75) is 11.1 Å². The molecule has 5 aromatic rings. The predicted octanol–water partition coefficient (Wildman–Crippen LogP) is 7.53. The zero-order valence-electron chi connectivity index (χ0n) is 18.7. The molecule has 0 aliphatic heterocycles. The number of benzene rings is 4. The Morgan fingerprint density at radius 3 is 2.19 bits per heavy atom. The van der Waals surface area contributed by atoms with Crippen LogP contribution in [0.15, 0.2) is 89.8 Å². The summed E-state index contributed by atoms with van der Waals surface area (Å²) in [6.07, 6.45) is -4.90. The lowest BCUT2D eigenvalue weighted by atomic mass is 10.0. The monoisotopic (exact) mass is 525 g/mol. The summed E-state index contributed by atoms with van der Waals surface area (Å²) in [5.41, 5.74) is -1.51. The lowest BCUT2D eigenvalue weighted by molar-refractivity contribution is -0.141. The zero-order chi connectivity index (χ0) is 26.3. The van der Waals surface area contributed by atoms with E-state index < -0.39 is 35.1 Å². The van der Waals surface area contributed by atoms with Gasteiger partial charge in [0.05, 0.1) is 5.69 Å². The molecular weight excluding hydrogens is 509 g/mol. The van der Waals surface area contributed by atoms with Crippen LogP contribution >= 0.6 is 12.6 Å². The van der Waals surface area contributed by atoms with Crippen molar-refractivity contribution < 1.29 is 26.7 Å². The molecule has 10 heteroatoms. The normalized spacial score (nSPS) is 11.6. The van der Waals surface area contributed by atoms with Gasteiger partial charge in [0.1, 0.15) is 23.0 Å². The highest BCUT2D eigenvalue weighted by Gasteiger charge is 2.36. The van der Waals surface area contributed by atoms with Crippen LogP contribution in [0, 0.1) is 11.6 Å². The topological polar surface area (TPSA) is 46.9 Å². The quantitative estimate of drug-likeness (QED) is 0.188. The molecule has 0 radical (unpaired) electrons. The van der Waals surface area contributed by atoms with Crippen molar-refractivity contribution in [1.29, 1.82) is 0 Å². The number of aromatic nitrogens is 2. The maximum absolute atomic E-state index is 14.9. The first-order chi connectivity index (χ1) is 17.6. The highest BCUT2D eigenvalue weighted by molar-refractivity contribution is 7.80. The number of amides is 1. The predicted molar refractivity (Wildman–Crippen MR) is 133 cm³/mol. The lowest BCUT2D eigenvalue weighted by Crippen LogP contribution is -2.18. The summed E-state index contributed by atoms with van der Waals surface area (Å²) in [6.45, 7) is 0. The average Bonchev–Trinajstić information content (AvgIpc) is 3.31. The Balaban J connectivity index is 1.54. The number of carbonyl (C=O) groups excluding carboxylic acids is 1. The van der Waals surface area contributed by atoms with Gasteiger partial charge < -0.3 is 5.32 Å². The number of hydrogen-bond acceptors (Lipinski definition) is 3. The van der Waals surface area contributed by atoms with Gasteiger partial charge >= 0.3 is 6.18 Å². The molecule has 0 unspecified atom stereocenters. The van der Waals surface area contributed by atoms with Crippen molar-refractivity contribution in [3.8, 4) is 16.8 Å². The summed E-state index contributed by atoms with van der Waals surface area (Å²) >= 11 is 4.35.